The highest BCUT2D eigenvalue weighted by atomic mass is 16.5. The Kier molecular flexibility index (Phi) is 2.49. The maximum Gasteiger partial charge on any atom is 0.144 e. The van der Waals surface area contributed by atoms with Crippen molar-refractivity contribution in [2.75, 3.05) is 14.2 Å². The molecule has 0 spiro atoms. The van der Waals surface area contributed by atoms with Gasteiger partial charge < -0.3 is 9.47 Å². The number of methoxy groups -OCH3 is 2. The van der Waals surface area contributed by atoms with Gasteiger partial charge in [0.25, 0.3) is 0 Å². The summed E-state index contributed by atoms with van der Waals surface area (Å²) in [6.07, 6.45) is 1.50. The third kappa shape index (κ3) is 1.74. The van der Waals surface area contributed by atoms with Crippen molar-refractivity contribution < 1.29 is 9.47 Å². The summed E-state index contributed by atoms with van der Waals surface area (Å²) in [7, 11) is 3.20. The molecule has 0 aliphatic carbocycles. The summed E-state index contributed by atoms with van der Waals surface area (Å²) in [6, 6.07) is 5.41. The van der Waals surface area contributed by atoms with Crippen LogP contribution in [0, 0.1) is 0 Å². The van der Waals surface area contributed by atoms with Crippen LogP contribution in [0.2, 0.25) is 0 Å². The monoisotopic (exact) mass is 206 g/mol. The first-order valence-electron chi connectivity index (χ1n) is 4.30. The van der Waals surface area contributed by atoms with Crippen molar-refractivity contribution in [1.82, 2.24) is 20.2 Å². The Labute approximate surface area is 86.4 Å². The lowest BCUT2D eigenvalue weighted by molar-refractivity contribution is 0.400. The lowest BCUT2D eigenvalue weighted by Gasteiger charge is -2.08. The molecule has 2 rings (SSSR count). The molecule has 1 heterocycles. The maximum atomic E-state index is 5.20. The van der Waals surface area contributed by atoms with Gasteiger partial charge in [-0.3, -0.25) is 0 Å². The highest BCUT2D eigenvalue weighted by molar-refractivity contribution is 5.50. The lowest BCUT2D eigenvalue weighted by atomic mass is 10.3. The Morgan fingerprint density at radius 1 is 1.20 bits per heavy atom. The first-order chi connectivity index (χ1) is 7.35. The Morgan fingerprint density at radius 2 is 2.07 bits per heavy atom. The average Bonchev–Trinajstić information content (AvgIpc) is 2.81. The smallest absolute Gasteiger partial charge is 0.144 e. The largest absolute Gasteiger partial charge is 0.497 e. The highest BCUT2D eigenvalue weighted by Gasteiger charge is 2.07. The van der Waals surface area contributed by atoms with Crippen molar-refractivity contribution in [3.8, 4) is 17.2 Å². The Morgan fingerprint density at radius 3 is 2.67 bits per heavy atom. The van der Waals surface area contributed by atoms with Gasteiger partial charge in [-0.1, -0.05) is 0 Å². The molecule has 0 unspecified atom stereocenters. The van der Waals surface area contributed by atoms with Crippen LogP contribution in [-0.4, -0.2) is 34.4 Å². The van der Waals surface area contributed by atoms with Gasteiger partial charge in [-0.05, 0) is 22.6 Å². The minimum absolute atomic E-state index is 0.683. The molecule has 0 amide bonds. The molecule has 0 N–H and O–H groups in total. The van der Waals surface area contributed by atoms with Gasteiger partial charge in [0.1, 0.15) is 23.5 Å². The zero-order valence-corrected chi connectivity index (χ0v) is 8.41. The van der Waals surface area contributed by atoms with Gasteiger partial charge in [0, 0.05) is 6.07 Å². The fourth-order valence-corrected chi connectivity index (χ4v) is 1.25. The number of rotatable bonds is 3. The van der Waals surface area contributed by atoms with Gasteiger partial charge in [-0.15, -0.1) is 5.10 Å². The van der Waals surface area contributed by atoms with Crippen LogP contribution in [0.25, 0.3) is 5.69 Å². The summed E-state index contributed by atoms with van der Waals surface area (Å²) in [6.45, 7) is 0. The standard InChI is InChI=1S/C9H10N4O2/c1-14-7-3-4-9(15-2)8(5-7)13-6-10-11-12-13/h3-6H,1-2H3. The van der Waals surface area contributed by atoms with Crippen LogP contribution in [0.1, 0.15) is 0 Å². The Hall–Kier alpha value is -2.11. The van der Waals surface area contributed by atoms with E-state index in [1.54, 1.807) is 26.4 Å². The topological polar surface area (TPSA) is 62.1 Å². The Balaban J connectivity index is 2.52. The van der Waals surface area contributed by atoms with E-state index in [9.17, 15) is 0 Å². The second-order valence-corrected chi connectivity index (χ2v) is 2.79. The molecule has 6 heteroatoms. The van der Waals surface area contributed by atoms with Crippen LogP contribution in [-0.2, 0) is 0 Å². The molecule has 78 valence electrons. The van der Waals surface area contributed by atoms with E-state index in [4.69, 9.17) is 9.47 Å². The minimum atomic E-state index is 0.683. The van der Waals surface area contributed by atoms with E-state index >= 15 is 0 Å². The van der Waals surface area contributed by atoms with Crippen molar-refractivity contribution >= 4 is 0 Å². The zero-order valence-electron chi connectivity index (χ0n) is 8.41. The van der Waals surface area contributed by atoms with Gasteiger partial charge in [-0.2, -0.15) is 4.68 Å². The van der Waals surface area contributed by atoms with Crippen LogP contribution in [0.4, 0.5) is 0 Å². The first-order valence-corrected chi connectivity index (χ1v) is 4.30. The van der Waals surface area contributed by atoms with Crippen LogP contribution in [0.5, 0.6) is 11.5 Å². The second kappa shape index (κ2) is 3.95. The number of tetrazole rings is 1. The number of aromatic nitrogens is 4. The zero-order chi connectivity index (χ0) is 10.7. The summed E-state index contributed by atoms with van der Waals surface area (Å²) >= 11 is 0. The molecule has 0 aliphatic heterocycles. The predicted octanol–water partition coefficient (Wildman–Crippen LogP) is 0.679. The van der Waals surface area contributed by atoms with Crippen LogP contribution in [0.15, 0.2) is 24.5 Å². The number of hydrogen-bond acceptors (Lipinski definition) is 5. The lowest BCUT2D eigenvalue weighted by Crippen LogP contribution is -1.99. The van der Waals surface area contributed by atoms with E-state index in [0.29, 0.717) is 5.75 Å². The minimum Gasteiger partial charge on any atom is -0.497 e. The number of nitrogens with zero attached hydrogens (tertiary/aromatic N) is 4. The van der Waals surface area contributed by atoms with E-state index in [1.165, 1.54) is 11.0 Å². The molecule has 0 radical (unpaired) electrons. The SMILES string of the molecule is COc1ccc(OC)c(-n2cnnn2)c1. The predicted molar refractivity (Wildman–Crippen MR) is 52.3 cm³/mol. The molecule has 0 bridgehead atoms. The van der Waals surface area contributed by atoms with Crippen molar-refractivity contribution in [2.45, 2.75) is 0 Å². The fraction of sp³-hybridized carbons (Fsp3) is 0.222. The molecular formula is C9H10N4O2. The first kappa shape index (κ1) is 9.45. The molecule has 0 atom stereocenters. The summed E-state index contributed by atoms with van der Waals surface area (Å²) < 4.78 is 11.8. The van der Waals surface area contributed by atoms with Crippen molar-refractivity contribution in [3.05, 3.63) is 24.5 Å². The molecule has 6 nitrogen and oxygen atoms in total. The van der Waals surface area contributed by atoms with Gasteiger partial charge in [0.2, 0.25) is 0 Å². The fourth-order valence-electron chi connectivity index (χ4n) is 1.25. The summed E-state index contributed by atoms with van der Waals surface area (Å²) in [4.78, 5) is 0. The highest BCUT2D eigenvalue weighted by Crippen LogP contribution is 2.26. The molecule has 15 heavy (non-hydrogen) atoms. The van der Waals surface area contributed by atoms with Crippen molar-refractivity contribution in [2.24, 2.45) is 0 Å². The molecule has 0 fully saturated rings. The molecule has 0 saturated carbocycles. The average molecular weight is 206 g/mol. The van der Waals surface area contributed by atoms with Gasteiger partial charge in [-0.25, -0.2) is 0 Å². The van der Waals surface area contributed by atoms with Crippen LogP contribution >= 0.6 is 0 Å². The van der Waals surface area contributed by atoms with E-state index in [-0.39, 0.29) is 0 Å². The quantitative estimate of drug-likeness (QED) is 0.739. The van der Waals surface area contributed by atoms with E-state index in [1.807, 2.05) is 6.07 Å². The number of benzene rings is 1. The van der Waals surface area contributed by atoms with E-state index in [0.717, 1.165) is 11.4 Å². The van der Waals surface area contributed by atoms with Gasteiger partial charge >= 0.3 is 0 Å². The van der Waals surface area contributed by atoms with Gasteiger partial charge in [0.05, 0.1) is 14.2 Å². The molecule has 1 aromatic heterocycles. The molecule has 0 aliphatic rings. The molecular weight excluding hydrogens is 196 g/mol. The Bertz CT molecular complexity index is 441. The van der Waals surface area contributed by atoms with Crippen LogP contribution < -0.4 is 9.47 Å². The van der Waals surface area contributed by atoms with Crippen molar-refractivity contribution in [1.29, 1.82) is 0 Å². The van der Waals surface area contributed by atoms with E-state index in [2.05, 4.69) is 15.5 Å². The number of ether oxygens (including phenoxy) is 2. The molecule has 1 aromatic carbocycles. The third-order valence-electron chi connectivity index (χ3n) is 1.98. The van der Waals surface area contributed by atoms with E-state index < -0.39 is 0 Å². The summed E-state index contributed by atoms with van der Waals surface area (Å²) in [5.41, 5.74) is 0.738. The summed E-state index contributed by atoms with van der Waals surface area (Å²) in [5.74, 6) is 1.41. The van der Waals surface area contributed by atoms with Crippen molar-refractivity contribution in [3.63, 3.8) is 0 Å². The third-order valence-corrected chi connectivity index (χ3v) is 1.98. The number of hydrogen-bond donors (Lipinski definition) is 0. The maximum absolute atomic E-state index is 5.20. The molecule has 0 saturated heterocycles. The van der Waals surface area contributed by atoms with Gasteiger partial charge in [0.15, 0.2) is 0 Å². The normalized spacial score (nSPS) is 10.0. The van der Waals surface area contributed by atoms with Crippen LogP contribution in [0.3, 0.4) is 0 Å². The molecule has 2 aromatic rings. The second-order valence-electron chi connectivity index (χ2n) is 2.79. The summed E-state index contributed by atoms with van der Waals surface area (Å²) in [5, 5.41) is 10.9.